The van der Waals surface area contributed by atoms with Gasteiger partial charge in [0.1, 0.15) is 0 Å². The molecule has 0 radical (unpaired) electrons. The minimum Gasteiger partial charge on any atom is -0.449 e. The number of nitro groups is 1. The van der Waals surface area contributed by atoms with Crippen molar-refractivity contribution in [3.63, 3.8) is 0 Å². The summed E-state index contributed by atoms with van der Waals surface area (Å²) >= 11 is 5.91. The molecule has 148 valence electrons. The predicted molar refractivity (Wildman–Crippen MR) is 101 cm³/mol. The van der Waals surface area contributed by atoms with Crippen molar-refractivity contribution in [3.05, 3.63) is 63.2 Å². The van der Waals surface area contributed by atoms with Crippen LogP contribution in [0.15, 0.2) is 47.4 Å². The first-order valence-electron chi connectivity index (χ1n) is 7.75. The van der Waals surface area contributed by atoms with Crippen molar-refractivity contribution < 1.29 is 27.7 Å². The van der Waals surface area contributed by atoms with E-state index in [1.807, 2.05) is 0 Å². The monoisotopic (exact) mass is 426 g/mol. The Balaban J connectivity index is 2.12. The fraction of sp³-hybridized carbons (Fsp3) is 0.176. The zero-order valence-corrected chi connectivity index (χ0v) is 16.3. The molecule has 28 heavy (non-hydrogen) atoms. The smallest absolute Gasteiger partial charge is 0.338 e. The Bertz CT molecular complexity index is 1050. The Labute approximate surface area is 165 Å². The number of anilines is 1. The Morgan fingerprint density at radius 1 is 1.21 bits per heavy atom. The minimum atomic E-state index is -3.52. The third-order valence-electron chi connectivity index (χ3n) is 3.57. The molecule has 2 rings (SSSR count). The third kappa shape index (κ3) is 5.27. The van der Waals surface area contributed by atoms with Crippen molar-refractivity contribution in [2.45, 2.75) is 17.9 Å². The van der Waals surface area contributed by atoms with Crippen molar-refractivity contribution in [2.24, 2.45) is 0 Å². The fourth-order valence-corrected chi connectivity index (χ4v) is 2.92. The molecule has 0 aliphatic heterocycles. The molecule has 0 aromatic heterocycles. The molecule has 0 aliphatic carbocycles. The molecule has 0 saturated heterocycles. The molecule has 1 amide bonds. The largest absolute Gasteiger partial charge is 0.449 e. The highest BCUT2D eigenvalue weighted by atomic mass is 35.5. The first-order chi connectivity index (χ1) is 13.0. The van der Waals surface area contributed by atoms with Crippen LogP contribution < -0.4 is 5.32 Å². The van der Waals surface area contributed by atoms with Gasteiger partial charge in [-0.1, -0.05) is 17.7 Å². The summed E-state index contributed by atoms with van der Waals surface area (Å²) in [4.78, 5) is 34.5. The summed E-state index contributed by atoms with van der Waals surface area (Å²) in [5.74, 6) is -1.67. The zero-order chi connectivity index (χ0) is 21.1. The van der Waals surface area contributed by atoms with Gasteiger partial charge in [0.25, 0.3) is 11.6 Å². The number of nitrogens with one attached hydrogen (secondary N) is 1. The number of esters is 1. The number of hydrogen-bond donors (Lipinski definition) is 1. The highest BCUT2D eigenvalue weighted by molar-refractivity contribution is 7.90. The van der Waals surface area contributed by atoms with Crippen molar-refractivity contribution in [3.8, 4) is 0 Å². The number of carbonyl (C=O) groups excluding carboxylic acids is 2. The van der Waals surface area contributed by atoms with Gasteiger partial charge in [0.2, 0.25) is 0 Å². The molecular weight excluding hydrogens is 412 g/mol. The van der Waals surface area contributed by atoms with Gasteiger partial charge in [-0.15, -0.1) is 0 Å². The van der Waals surface area contributed by atoms with E-state index in [1.54, 1.807) is 0 Å². The van der Waals surface area contributed by atoms with Crippen LogP contribution in [0.3, 0.4) is 0 Å². The maximum Gasteiger partial charge on any atom is 0.338 e. The Morgan fingerprint density at radius 2 is 1.89 bits per heavy atom. The van der Waals surface area contributed by atoms with Gasteiger partial charge in [-0.05, 0) is 31.2 Å². The van der Waals surface area contributed by atoms with Gasteiger partial charge in [0, 0.05) is 18.4 Å². The average molecular weight is 427 g/mol. The lowest BCUT2D eigenvalue weighted by Gasteiger charge is -2.14. The standard InChI is InChI=1S/C17H15ClN2O7S/c1-10(16(21)19-15-9-12(20(23)24)6-7-14(15)18)27-17(22)11-4-3-5-13(8-11)28(2,25)26/h3-10H,1-2H3,(H,19,21)/t10-/m0/s1. The van der Waals surface area contributed by atoms with E-state index in [4.69, 9.17) is 16.3 Å². The number of benzene rings is 2. The van der Waals surface area contributed by atoms with Gasteiger partial charge >= 0.3 is 5.97 Å². The first-order valence-corrected chi connectivity index (χ1v) is 10.0. The van der Waals surface area contributed by atoms with Crippen LogP contribution in [0.25, 0.3) is 0 Å². The summed E-state index contributed by atoms with van der Waals surface area (Å²) in [5, 5.41) is 13.2. The van der Waals surface area contributed by atoms with Crippen LogP contribution in [0.5, 0.6) is 0 Å². The van der Waals surface area contributed by atoms with Crippen LogP contribution in [0, 0.1) is 10.1 Å². The van der Waals surface area contributed by atoms with E-state index < -0.39 is 32.7 Å². The van der Waals surface area contributed by atoms with Gasteiger partial charge in [0.15, 0.2) is 15.9 Å². The third-order valence-corrected chi connectivity index (χ3v) is 5.01. The van der Waals surface area contributed by atoms with Crippen LogP contribution in [0.1, 0.15) is 17.3 Å². The van der Waals surface area contributed by atoms with Crippen LogP contribution in [-0.2, 0) is 19.4 Å². The van der Waals surface area contributed by atoms with Crippen LogP contribution >= 0.6 is 11.6 Å². The van der Waals surface area contributed by atoms with Crippen molar-refractivity contribution in [1.82, 2.24) is 0 Å². The first kappa shape index (κ1) is 21.3. The van der Waals surface area contributed by atoms with E-state index in [-0.39, 0.29) is 26.9 Å². The quantitative estimate of drug-likeness (QED) is 0.426. The second-order valence-corrected chi connectivity index (χ2v) is 8.18. The normalized spacial score (nSPS) is 12.1. The van der Waals surface area contributed by atoms with Crippen molar-refractivity contribution >= 4 is 44.7 Å². The molecule has 0 aliphatic rings. The number of amides is 1. The highest BCUT2D eigenvalue weighted by Gasteiger charge is 2.21. The molecule has 11 heteroatoms. The molecule has 2 aromatic rings. The van der Waals surface area contributed by atoms with Gasteiger partial charge in [-0.25, -0.2) is 13.2 Å². The van der Waals surface area contributed by atoms with Gasteiger partial charge in [-0.3, -0.25) is 14.9 Å². The molecule has 0 bridgehead atoms. The molecule has 1 N–H and O–H groups in total. The molecule has 9 nitrogen and oxygen atoms in total. The number of nitrogens with zero attached hydrogens (tertiary/aromatic N) is 1. The number of halogens is 1. The second-order valence-electron chi connectivity index (χ2n) is 5.76. The zero-order valence-electron chi connectivity index (χ0n) is 14.7. The lowest BCUT2D eigenvalue weighted by Crippen LogP contribution is -2.30. The molecule has 0 spiro atoms. The molecule has 0 fully saturated rings. The maximum absolute atomic E-state index is 12.2. The topological polar surface area (TPSA) is 133 Å². The van der Waals surface area contributed by atoms with E-state index in [0.29, 0.717) is 0 Å². The number of sulfone groups is 1. The Morgan fingerprint density at radius 3 is 2.50 bits per heavy atom. The SMILES string of the molecule is C[C@H](OC(=O)c1cccc(S(C)(=O)=O)c1)C(=O)Nc1cc([N+](=O)[O-])ccc1Cl. The number of non-ortho nitro benzene ring substituents is 1. The van der Waals surface area contributed by atoms with Crippen LogP contribution in [0.2, 0.25) is 5.02 Å². The molecule has 1 atom stereocenters. The minimum absolute atomic E-state index is 0.0113. The summed E-state index contributed by atoms with van der Waals surface area (Å²) in [6, 6.07) is 8.69. The number of ether oxygens (including phenoxy) is 1. The Hall–Kier alpha value is -2.98. The summed E-state index contributed by atoms with van der Waals surface area (Å²) in [5.41, 5.74) is -0.333. The van der Waals surface area contributed by atoms with Gasteiger partial charge in [0.05, 0.1) is 26.1 Å². The number of hydrogen-bond acceptors (Lipinski definition) is 7. The van der Waals surface area contributed by atoms with Gasteiger partial charge in [-0.2, -0.15) is 0 Å². The fourth-order valence-electron chi connectivity index (χ4n) is 2.09. The average Bonchev–Trinajstić information content (AvgIpc) is 2.62. The summed E-state index contributed by atoms with van der Waals surface area (Å²) < 4.78 is 28.2. The maximum atomic E-state index is 12.2. The summed E-state index contributed by atoms with van der Waals surface area (Å²) in [6.45, 7) is 1.29. The lowest BCUT2D eigenvalue weighted by molar-refractivity contribution is -0.384. The molecule has 0 saturated carbocycles. The highest BCUT2D eigenvalue weighted by Crippen LogP contribution is 2.27. The van der Waals surface area contributed by atoms with E-state index in [1.165, 1.54) is 37.3 Å². The van der Waals surface area contributed by atoms with E-state index in [0.717, 1.165) is 18.4 Å². The molecular formula is C17H15ClN2O7S. The second kappa shape index (κ2) is 8.36. The number of rotatable bonds is 6. The van der Waals surface area contributed by atoms with E-state index >= 15 is 0 Å². The lowest BCUT2D eigenvalue weighted by atomic mass is 10.2. The summed E-state index contributed by atoms with van der Waals surface area (Å²) in [7, 11) is -3.52. The predicted octanol–water partition coefficient (Wildman–Crippen LogP) is 2.84. The van der Waals surface area contributed by atoms with E-state index in [9.17, 15) is 28.1 Å². The van der Waals surface area contributed by atoms with Crippen LogP contribution in [-0.4, -0.2) is 37.6 Å². The number of nitro benzene ring substituents is 1. The van der Waals surface area contributed by atoms with Crippen LogP contribution in [0.4, 0.5) is 11.4 Å². The Kier molecular flexibility index (Phi) is 6.37. The van der Waals surface area contributed by atoms with Crippen molar-refractivity contribution in [2.75, 3.05) is 11.6 Å². The van der Waals surface area contributed by atoms with E-state index in [2.05, 4.69) is 5.32 Å². The summed E-state index contributed by atoms with van der Waals surface area (Å²) in [6.07, 6.45) is -0.277. The van der Waals surface area contributed by atoms with Crippen molar-refractivity contribution in [1.29, 1.82) is 0 Å². The van der Waals surface area contributed by atoms with Gasteiger partial charge < -0.3 is 10.1 Å². The molecule has 2 aromatic carbocycles. The molecule has 0 heterocycles. The number of carbonyl (C=O) groups is 2. The molecule has 0 unspecified atom stereocenters.